The normalized spacial score (nSPS) is 16.2. The number of fused-ring (bicyclic) bond motifs is 1. The Hall–Kier alpha value is -1.29. The van der Waals surface area contributed by atoms with E-state index in [1.165, 1.54) is 24.9 Å². The summed E-state index contributed by atoms with van der Waals surface area (Å²) in [7, 11) is 0. The van der Waals surface area contributed by atoms with Gasteiger partial charge in [-0.2, -0.15) is 0 Å². The van der Waals surface area contributed by atoms with Gasteiger partial charge in [0.2, 0.25) is 0 Å². The molecule has 4 heteroatoms. The Kier molecular flexibility index (Phi) is 3.12. The van der Waals surface area contributed by atoms with E-state index in [-0.39, 0.29) is 0 Å². The Labute approximate surface area is 113 Å². The lowest BCUT2D eigenvalue weighted by molar-refractivity contribution is 0.578. The van der Waals surface area contributed by atoms with Gasteiger partial charge in [0.05, 0.1) is 5.52 Å². The van der Waals surface area contributed by atoms with Crippen LogP contribution in [0, 0.1) is 6.92 Å². The SMILES string of the molecule is Cc1nc(S)c2cc(N3CCCCC3)ccc2n1. The van der Waals surface area contributed by atoms with Gasteiger partial charge in [0.25, 0.3) is 0 Å². The second-order valence-electron chi connectivity index (χ2n) is 4.84. The molecule has 94 valence electrons. The minimum absolute atomic E-state index is 0.774. The third-order valence-electron chi connectivity index (χ3n) is 3.49. The van der Waals surface area contributed by atoms with E-state index in [4.69, 9.17) is 0 Å². The number of hydrogen-bond donors (Lipinski definition) is 1. The van der Waals surface area contributed by atoms with Gasteiger partial charge >= 0.3 is 0 Å². The smallest absolute Gasteiger partial charge is 0.127 e. The molecule has 3 nitrogen and oxygen atoms in total. The first-order valence-electron chi connectivity index (χ1n) is 6.46. The lowest BCUT2D eigenvalue weighted by Crippen LogP contribution is -2.29. The van der Waals surface area contributed by atoms with Gasteiger partial charge < -0.3 is 4.90 Å². The molecule has 0 aliphatic carbocycles. The molecule has 1 aliphatic heterocycles. The quantitative estimate of drug-likeness (QED) is 0.630. The minimum Gasteiger partial charge on any atom is -0.372 e. The van der Waals surface area contributed by atoms with Crippen LogP contribution < -0.4 is 4.90 Å². The van der Waals surface area contributed by atoms with Crippen LogP contribution in [0.15, 0.2) is 23.2 Å². The molecule has 1 fully saturated rings. The van der Waals surface area contributed by atoms with Crippen molar-refractivity contribution in [3.8, 4) is 0 Å². The fraction of sp³-hybridized carbons (Fsp3) is 0.429. The molecule has 0 spiro atoms. The Morgan fingerprint density at radius 1 is 1.11 bits per heavy atom. The monoisotopic (exact) mass is 259 g/mol. The summed E-state index contributed by atoms with van der Waals surface area (Å²) in [4.78, 5) is 11.2. The Morgan fingerprint density at radius 2 is 1.89 bits per heavy atom. The zero-order valence-corrected chi connectivity index (χ0v) is 11.5. The van der Waals surface area contributed by atoms with E-state index in [0.717, 1.165) is 34.8 Å². The van der Waals surface area contributed by atoms with Crippen molar-refractivity contribution in [2.75, 3.05) is 18.0 Å². The second kappa shape index (κ2) is 4.76. The number of rotatable bonds is 1. The molecule has 0 radical (unpaired) electrons. The molecule has 0 bridgehead atoms. The molecule has 0 saturated carbocycles. The predicted molar refractivity (Wildman–Crippen MR) is 77.6 cm³/mol. The first-order chi connectivity index (χ1) is 8.74. The average Bonchev–Trinajstić information content (AvgIpc) is 2.39. The van der Waals surface area contributed by atoms with Gasteiger partial charge in [-0.25, -0.2) is 9.97 Å². The van der Waals surface area contributed by atoms with Crippen LogP contribution in [-0.4, -0.2) is 23.1 Å². The molecule has 3 rings (SSSR count). The van der Waals surface area contributed by atoms with Gasteiger partial charge in [-0.3, -0.25) is 0 Å². The van der Waals surface area contributed by atoms with E-state index in [1.807, 2.05) is 6.92 Å². The van der Waals surface area contributed by atoms with Crippen LogP contribution in [0.25, 0.3) is 10.9 Å². The number of nitrogens with zero attached hydrogens (tertiary/aromatic N) is 3. The van der Waals surface area contributed by atoms with Crippen molar-refractivity contribution >= 4 is 29.2 Å². The summed E-state index contributed by atoms with van der Waals surface area (Å²) in [5.41, 5.74) is 2.25. The number of aromatic nitrogens is 2. The maximum absolute atomic E-state index is 4.46. The van der Waals surface area contributed by atoms with Gasteiger partial charge in [-0.05, 0) is 44.4 Å². The maximum atomic E-state index is 4.46. The number of aryl methyl sites for hydroxylation is 1. The molecule has 1 aromatic heterocycles. The van der Waals surface area contributed by atoms with Gasteiger partial charge in [0, 0.05) is 24.2 Å². The predicted octanol–water partition coefficient (Wildman–Crippen LogP) is 3.22. The Bertz CT molecular complexity index is 577. The van der Waals surface area contributed by atoms with E-state index >= 15 is 0 Å². The average molecular weight is 259 g/mol. The fourth-order valence-electron chi connectivity index (χ4n) is 2.56. The van der Waals surface area contributed by atoms with E-state index in [0.29, 0.717) is 0 Å². The van der Waals surface area contributed by atoms with Gasteiger partial charge in [-0.15, -0.1) is 12.6 Å². The van der Waals surface area contributed by atoms with Crippen LogP contribution in [0.5, 0.6) is 0 Å². The molecule has 0 atom stereocenters. The highest BCUT2D eigenvalue weighted by Gasteiger charge is 2.12. The van der Waals surface area contributed by atoms with Crippen molar-refractivity contribution in [3.63, 3.8) is 0 Å². The molecular formula is C14H17N3S. The molecule has 0 N–H and O–H groups in total. The topological polar surface area (TPSA) is 29.0 Å². The zero-order chi connectivity index (χ0) is 12.5. The van der Waals surface area contributed by atoms with Crippen LogP contribution in [0.1, 0.15) is 25.1 Å². The van der Waals surface area contributed by atoms with Crippen molar-refractivity contribution in [2.24, 2.45) is 0 Å². The van der Waals surface area contributed by atoms with Crippen LogP contribution >= 0.6 is 12.6 Å². The zero-order valence-electron chi connectivity index (χ0n) is 10.6. The molecule has 1 aromatic carbocycles. The summed E-state index contributed by atoms with van der Waals surface area (Å²) in [6.07, 6.45) is 3.93. The van der Waals surface area contributed by atoms with Crippen molar-refractivity contribution in [3.05, 3.63) is 24.0 Å². The van der Waals surface area contributed by atoms with Crippen LogP contribution in [0.3, 0.4) is 0 Å². The number of hydrogen-bond acceptors (Lipinski definition) is 4. The largest absolute Gasteiger partial charge is 0.372 e. The van der Waals surface area contributed by atoms with Crippen molar-refractivity contribution in [1.29, 1.82) is 0 Å². The van der Waals surface area contributed by atoms with Crippen LogP contribution in [0.4, 0.5) is 5.69 Å². The summed E-state index contributed by atoms with van der Waals surface area (Å²) in [5, 5.41) is 1.82. The lowest BCUT2D eigenvalue weighted by atomic mass is 10.1. The summed E-state index contributed by atoms with van der Waals surface area (Å²) >= 11 is 4.46. The molecule has 0 amide bonds. The summed E-state index contributed by atoms with van der Waals surface area (Å²) in [6, 6.07) is 6.41. The van der Waals surface area contributed by atoms with Crippen LogP contribution in [0.2, 0.25) is 0 Å². The van der Waals surface area contributed by atoms with E-state index in [1.54, 1.807) is 0 Å². The Balaban J connectivity index is 2.04. The number of anilines is 1. The number of piperidine rings is 1. The summed E-state index contributed by atoms with van der Waals surface area (Å²) in [6.45, 7) is 4.21. The first kappa shape index (κ1) is 11.8. The van der Waals surface area contributed by atoms with Crippen LogP contribution in [-0.2, 0) is 0 Å². The highest BCUT2D eigenvalue weighted by molar-refractivity contribution is 7.80. The van der Waals surface area contributed by atoms with E-state index in [9.17, 15) is 0 Å². The van der Waals surface area contributed by atoms with Gasteiger partial charge in [0.1, 0.15) is 10.9 Å². The molecule has 2 aromatic rings. The minimum atomic E-state index is 0.774. The lowest BCUT2D eigenvalue weighted by Gasteiger charge is -2.29. The standard InChI is InChI=1S/C14H17N3S/c1-10-15-13-6-5-11(9-12(13)14(18)16-10)17-7-3-2-4-8-17/h5-6,9H,2-4,7-8H2,1H3,(H,15,16,18). The second-order valence-corrected chi connectivity index (χ2v) is 5.27. The highest BCUT2D eigenvalue weighted by atomic mass is 32.1. The van der Waals surface area contributed by atoms with Crippen molar-refractivity contribution in [2.45, 2.75) is 31.2 Å². The molecule has 0 unspecified atom stereocenters. The third-order valence-corrected chi connectivity index (χ3v) is 3.83. The number of benzene rings is 1. The van der Waals surface area contributed by atoms with Crippen molar-refractivity contribution in [1.82, 2.24) is 9.97 Å². The summed E-state index contributed by atoms with van der Waals surface area (Å²) in [5.74, 6) is 0.776. The fourth-order valence-corrected chi connectivity index (χ4v) is 2.89. The number of thiol groups is 1. The molecule has 1 saturated heterocycles. The van der Waals surface area contributed by atoms with E-state index < -0.39 is 0 Å². The maximum Gasteiger partial charge on any atom is 0.127 e. The van der Waals surface area contributed by atoms with Gasteiger partial charge in [-0.1, -0.05) is 0 Å². The summed E-state index contributed by atoms with van der Waals surface area (Å²) < 4.78 is 0. The molecule has 1 aliphatic rings. The van der Waals surface area contributed by atoms with Crippen molar-refractivity contribution < 1.29 is 0 Å². The highest BCUT2D eigenvalue weighted by Crippen LogP contribution is 2.26. The molecule has 18 heavy (non-hydrogen) atoms. The first-order valence-corrected chi connectivity index (χ1v) is 6.91. The van der Waals surface area contributed by atoms with E-state index in [2.05, 4.69) is 45.7 Å². The third kappa shape index (κ3) is 2.17. The molecular weight excluding hydrogens is 242 g/mol. The van der Waals surface area contributed by atoms with Gasteiger partial charge in [0.15, 0.2) is 0 Å². The Morgan fingerprint density at radius 3 is 2.67 bits per heavy atom. The molecule has 2 heterocycles.